The van der Waals surface area contributed by atoms with Crippen molar-refractivity contribution in [3.63, 3.8) is 0 Å². The quantitative estimate of drug-likeness (QED) is 0.124. The normalized spacial score (nSPS) is 17.7. The summed E-state index contributed by atoms with van der Waals surface area (Å²) < 4.78 is 106. The molecule has 2 aliphatic rings. The Hall–Kier alpha value is -5.71. The van der Waals surface area contributed by atoms with E-state index in [2.05, 4.69) is 20.6 Å². The SMILES string of the molecule is Cn1cc(-c2ccc(-c3ccc(Cl)c4c(N)nn(C)c34)c([C@H](Cc3cc(F)cc(F)c3)NC(=O)Cn3nc(C(F)(F)F)c4c3C(F)(F)[C@@H]3C=C[C@H]43)n2)cn1. The smallest absolute Gasteiger partial charge is 0.382 e. The fourth-order valence-corrected chi connectivity index (χ4v) is 7.69. The van der Waals surface area contributed by atoms with Gasteiger partial charge in [0.25, 0.3) is 5.92 Å². The molecule has 0 aliphatic heterocycles. The minimum Gasteiger partial charge on any atom is -0.382 e. The molecule has 18 heteroatoms. The summed E-state index contributed by atoms with van der Waals surface area (Å²) in [6.45, 7) is -1.04. The van der Waals surface area contributed by atoms with Crippen LogP contribution in [0.2, 0.25) is 5.02 Å². The molecule has 0 bridgehead atoms. The summed E-state index contributed by atoms with van der Waals surface area (Å²) in [4.78, 5) is 18.8. The van der Waals surface area contributed by atoms with Crippen molar-refractivity contribution in [1.82, 2.24) is 39.6 Å². The molecule has 8 rings (SSSR count). The molecule has 0 radical (unpaired) electrons. The first kappa shape index (κ1) is 35.3. The molecule has 0 saturated carbocycles. The first-order valence-electron chi connectivity index (χ1n) is 16.4. The lowest BCUT2D eigenvalue weighted by Crippen LogP contribution is -2.36. The molecule has 0 spiro atoms. The van der Waals surface area contributed by atoms with E-state index in [-0.39, 0.29) is 23.5 Å². The molecule has 0 fully saturated rings. The van der Waals surface area contributed by atoms with Gasteiger partial charge in [0.1, 0.15) is 23.9 Å². The van der Waals surface area contributed by atoms with Crippen LogP contribution >= 0.6 is 11.6 Å². The van der Waals surface area contributed by atoms with Gasteiger partial charge in [-0.1, -0.05) is 35.9 Å². The molecule has 2 aliphatic carbocycles. The van der Waals surface area contributed by atoms with E-state index in [1.165, 1.54) is 15.4 Å². The third kappa shape index (κ3) is 5.77. The number of hydrogen-bond donors (Lipinski definition) is 2. The molecule has 0 unspecified atom stereocenters. The Bertz CT molecular complexity index is 2520. The van der Waals surface area contributed by atoms with Crippen molar-refractivity contribution in [2.45, 2.75) is 37.0 Å². The van der Waals surface area contributed by atoms with Gasteiger partial charge in [0.2, 0.25) is 5.91 Å². The predicted molar refractivity (Wildman–Crippen MR) is 183 cm³/mol. The van der Waals surface area contributed by atoms with E-state index in [1.54, 1.807) is 50.8 Å². The van der Waals surface area contributed by atoms with E-state index in [0.717, 1.165) is 18.2 Å². The molecule has 1 amide bonds. The number of fused-ring (bicyclic) bond motifs is 4. The van der Waals surface area contributed by atoms with Crippen LogP contribution in [0.25, 0.3) is 33.3 Å². The average Bonchev–Trinajstić information content (AvgIpc) is 3.77. The van der Waals surface area contributed by atoms with Gasteiger partial charge in [-0.05, 0) is 36.2 Å². The number of nitrogen functional groups attached to an aromatic ring is 1. The van der Waals surface area contributed by atoms with Gasteiger partial charge in [0, 0.05) is 54.5 Å². The fraction of sp³-hybridized carbons (Fsp3) is 0.250. The van der Waals surface area contributed by atoms with Gasteiger partial charge in [-0.15, -0.1) is 0 Å². The summed E-state index contributed by atoms with van der Waals surface area (Å²) in [7, 11) is 3.33. The molecule has 10 nitrogen and oxygen atoms in total. The number of nitrogens with two attached hydrogens (primary N) is 1. The van der Waals surface area contributed by atoms with E-state index in [4.69, 9.17) is 22.3 Å². The highest BCUT2D eigenvalue weighted by atomic mass is 35.5. The first-order valence-corrected chi connectivity index (χ1v) is 16.8. The predicted octanol–water partition coefficient (Wildman–Crippen LogP) is 7.24. The van der Waals surface area contributed by atoms with Gasteiger partial charge in [0.05, 0.1) is 45.5 Å². The Balaban J connectivity index is 1.27. The molecule has 4 heterocycles. The highest BCUT2D eigenvalue weighted by molar-refractivity contribution is 6.37. The number of aromatic nitrogens is 7. The Kier molecular flexibility index (Phi) is 8.13. The number of benzene rings is 2. The van der Waals surface area contributed by atoms with Crippen LogP contribution in [-0.4, -0.2) is 40.2 Å². The average molecular weight is 770 g/mol. The molecule has 54 heavy (non-hydrogen) atoms. The van der Waals surface area contributed by atoms with E-state index >= 15 is 8.78 Å². The number of carbonyl (C=O) groups is 1. The Labute approximate surface area is 306 Å². The maximum absolute atomic E-state index is 15.5. The van der Waals surface area contributed by atoms with Gasteiger partial charge in [0.15, 0.2) is 11.5 Å². The summed E-state index contributed by atoms with van der Waals surface area (Å²) in [5.74, 6) is -9.16. The van der Waals surface area contributed by atoms with Crippen molar-refractivity contribution in [1.29, 1.82) is 0 Å². The number of amides is 1. The van der Waals surface area contributed by atoms with Crippen LogP contribution in [-0.2, 0) is 44.0 Å². The summed E-state index contributed by atoms with van der Waals surface area (Å²) in [5, 5.41) is 15.4. The van der Waals surface area contributed by atoms with Crippen LogP contribution in [0.4, 0.5) is 36.6 Å². The monoisotopic (exact) mass is 769 g/mol. The third-order valence-corrected chi connectivity index (χ3v) is 10.1. The number of rotatable bonds is 8. The number of aryl methyl sites for hydroxylation is 2. The van der Waals surface area contributed by atoms with Crippen molar-refractivity contribution in [2.75, 3.05) is 5.73 Å². The van der Waals surface area contributed by atoms with Crippen molar-refractivity contribution in [3.8, 4) is 22.4 Å². The lowest BCUT2D eigenvalue weighted by Gasteiger charge is -2.27. The number of halogens is 8. The zero-order valence-corrected chi connectivity index (χ0v) is 28.9. The zero-order valence-electron chi connectivity index (χ0n) is 28.1. The number of nitrogens with zero attached hydrogens (tertiary/aromatic N) is 7. The highest BCUT2D eigenvalue weighted by Crippen LogP contribution is 2.60. The minimum absolute atomic E-state index is 0.0804. The topological polar surface area (TPSA) is 121 Å². The number of allylic oxidation sites excluding steroid dienone is 2. The summed E-state index contributed by atoms with van der Waals surface area (Å²) in [5.41, 5.74) is 5.57. The van der Waals surface area contributed by atoms with Crippen LogP contribution < -0.4 is 11.1 Å². The second-order valence-corrected chi connectivity index (χ2v) is 13.7. The van der Waals surface area contributed by atoms with Gasteiger partial charge >= 0.3 is 6.18 Å². The molecule has 3 atom stereocenters. The second-order valence-electron chi connectivity index (χ2n) is 13.3. The van der Waals surface area contributed by atoms with Gasteiger partial charge in [-0.2, -0.15) is 37.2 Å². The summed E-state index contributed by atoms with van der Waals surface area (Å²) >= 11 is 6.52. The summed E-state index contributed by atoms with van der Waals surface area (Å²) in [6, 6.07) is 8.15. The lowest BCUT2D eigenvalue weighted by atomic mass is 9.81. The van der Waals surface area contributed by atoms with E-state index in [9.17, 15) is 26.7 Å². The van der Waals surface area contributed by atoms with Crippen LogP contribution in [0.5, 0.6) is 0 Å². The molecule has 2 aromatic carbocycles. The van der Waals surface area contributed by atoms with E-state index in [1.807, 2.05) is 0 Å². The zero-order chi connectivity index (χ0) is 38.4. The van der Waals surface area contributed by atoms with Crippen molar-refractivity contribution >= 4 is 34.2 Å². The van der Waals surface area contributed by atoms with Crippen LogP contribution in [0, 0.1) is 17.6 Å². The Morgan fingerprint density at radius 3 is 2.41 bits per heavy atom. The molecule has 4 aromatic heterocycles. The van der Waals surface area contributed by atoms with Crippen LogP contribution in [0.3, 0.4) is 0 Å². The highest BCUT2D eigenvalue weighted by Gasteiger charge is 2.61. The number of hydrogen-bond acceptors (Lipinski definition) is 6. The third-order valence-electron chi connectivity index (χ3n) is 9.74. The molecule has 3 N–H and O–H groups in total. The van der Waals surface area contributed by atoms with Crippen molar-refractivity contribution in [3.05, 3.63) is 112 Å². The molecule has 0 saturated heterocycles. The molecule has 6 aromatic rings. The van der Waals surface area contributed by atoms with Crippen molar-refractivity contribution < 1.29 is 35.5 Å². The standard InChI is InChI=1S/C36H27ClF7N9O/c1-51-14-17(13-46-51)25-8-5-20(21-4-7-24(37)29-31(21)52(2)50-34(29)45)30(48-25)26(11-16-9-18(38)12-19(39)10-16)47-27(54)15-53-33-28(32(49-53)36(42,43)44)22-3-6-23(22)35(33,40)41/h3-10,12-14,22-23,26H,11,15H2,1-2H3,(H2,45,50)(H,47,54)/t22-,23+,26-/m0/s1. The minimum atomic E-state index is -5.07. The number of carbonyl (C=O) groups excluding carboxylic acids is 1. The van der Waals surface area contributed by atoms with E-state index in [0.29, 0.717) is 49.1 Å². The van der Waals surface area contributed by atoms with Crippen molar-refractivity contribution in [2.24, 2.45) is 20.0 Å². The lowest BCUT2D eigenvalue weighted by molar-refractivity contribution is -0.142. The first-order chi connectivity index (χ1) is 25.5. The number of pyridine rings is 1. The van der Waals surface area contributed by atoms with Gasteiger partial charge in [-0.25, -0.2) is 13.8 Å². The number of anilines is 1. The Morgan fingerprint density at radius 2 is 1.76 bits per heavy atom. The molecular weight excluding hydrogens is 743 g/mol. The Morgan fingerprint density at radius 1 is 1.04 bits per heavy atom. The molecular formula is C36H27ClF7N9O. The summed E-state index contributed by atoms with van der Waals surface area (Å²) in [6.07, 6.45) is 0.247. The van der Waals surface area contributed by atoms with Crippen LogP contribution in [0.15, 0.2) is 67.0 Å². The number of nitrogens with one attached hydrogen (secondary N) is 1. The largest absolute Gasteiger partial charge is 0.435 e. The van der Waals surface area contributed by atoms with Gasteiger partial charge in [-0.3, -0.25) is 18.8 Å². The maximum atomic E-state index is 15.5. The maximum Gasteiger partial charge on any atom is 0.435 e. The van der Waals surface area contributed by atoms with E-state index < -0.39 is 71.0 Å². The fourth-order valence-electron chi connectivity index (χ4n) is 7.44. The second kappa shape index (κ2) is 12.4. The van der Waals surface area contributed by atoms with Crippen LogP contribution in [0.1, 0.15) is 40.2 Å². The van der Waals surface area contributed by atoms with Gasteiger partial charge < -0.3 is 11.1 Å². The molecule has 278 valence electrons. The number of alkyl halides is 5.